The number of halogens is 2. The highest BCUT2D eigenvalue weighted by Crippen LogP contribution is 2.27. The summed E-state index contributed by atoms with van der Waals surface area (Å²) in [4.78, 5) is 0. The second-order valence-electron chi connectivity index (χ2n) is 3.21. The Balaban J connectivity index is 2.60. The number of benzene rings is 2. The molecule has 0 heterocycles. The largest absolute Gasteiger partial charge is 0.398 e. The third-order valence-corrected chi connectivity index (χ3v) is 2.18. The first-order valence-electron chi connectivity index (χ1n) is 4.48. The molecule has 0 radical (unpaired) electrons. The molecular formula is C12H9F2N. The molecule has 0 aliphatic rings. The standard InChI is InChI=1S/C12H9F2N/c13-8-5-6-9(11(14)7-8)10-3-1-2-4-12(10)15/h1-7H,15H2. The third-order valence-electron chi connectivity index (χ3n) is 2.18. The highest BCUT2D eigenvalue weighted by atomic mass is 19.1. The van der Waals surface area contributed by atoms with E-state index >= 15 is 0 Å². The summed E-state index contributed by atoms with van der Waals surface area (Å²) in [5.41, 5.74) is 7.07. The minimum Gasteiger partial charge on any atom is -0.398 e. The molecule has 2 aromatic rings. The van der Waals surface area contributed by atoms with Gasteiger partial charge in [-0.25, -0.2) is 8.78 Å². The van der Waals surface area contributed by atoms with Gasteiger partial charge in [-0.15, -0.1) is 0 Å². The average Bonchev–Trinajstić information content (AvgIpc) is 2.20. The van der Waals surface area contributed by atoms with E-state index in [0.29, 0.717) is 16.8 Å². The molecule has 0 amide bonds. The summed E-state index contributed by atoms with van der Waals surface area (Å²) in [6.07, 6.45) is 0. The van der Waals surface area contributed by atoms with Crippen LogP contribution < -0.4 is 5.73 Å². The lowest BCUT2D eigenvalue weighted by Gasteiger charge is -2.06. The summed E-state index contributed by atoms with van der Waals surface area (Å²) in [6, 6.07) is 10.3. The molecule has 2 aromatic carbocycles. The van der Waals surface area contributed by atoms with Gasteiger partial charge in [-0.05, 0) is 18.2 Å². The fraction of sp³-hybridized carbons (Fsp3) is 0. The molecule has 0 saturated carbocycles. The highest BCUT2D eigenvalue weighted by molar-refractivity contribution is 5.76. The lowest BCUT2D eigenvalue weighted by Crippen LogP contribution is -1.92. The first-order valence-corrected chi connectivity index (χ1v) is 4.48. The van der Waals surface area contributed by atoms with Gasteiger partial charge in [0.25, 0.3) is 0 Å². The van der Waals surface area contributed by atoms with Crippen LogP contribution in [0.15, 0.2) is 42.5 Å². The molecule has 0 unspecified atom stereocenters. The Bertz CT molecular complexity index is 495. The molecule has 1 nitrogen and oxygen atoms in total. The number of nitrogen functional groups attached to an aromatic ring is 1. The van der Waals surface area contributed by atoms with Crippen molar-refractivity contribution in [3.8, 4) is 11.1 Å². The number of hydrogen-bond acceptors (Lipinski definition) is 1. The molecule has 0 fully saturated rings. The normalized spacial score (nSPS) is 10.3. The van der Waals surface area contributed by atoms with Gasteiger partial charge in [0.2, 0.25) is 0 Å². The summed E-state index contributed by atoms with van der Waals surface area (Å²) in [5, 5.41) is 0. The Labute approximate surface area is 86.2 Å². The Hall–Kier alpha value is -1.90. The van der Waals surface area contributed by atoms with E-state index in [0.717, 1.165) is 6.07 Å². The van der Waals surface area contributed by atoms with Gasteiger partial charge in [0, 0.05) is 22.9 Å². The third kappa shape index (κ3) is 1.81. The molecule has 0 aromatic heterocycles. The van der Waals surface area contributed by atoms with Crippen LogP contribution in [0.1, 0.15) is 0 Å². The number of para-hydroxylation sites is 1. The maximum atomic E-state index is 13.4. The average molecular weight is 205 g/mol. The van der Waals surface area contributed by atoms with Gasteiger partial charge in [-0.3, -0.25) is 0 Å². The zero-order chi connectivity index (χ0) is 10.8. The summed E-state index contributed by atoms with van der Waals surface area (Å²) in [7, 11) is 0. The molecule has 15 heavy (non-hydrogen) atoms. The van der Waals surface area contributed by atoms with Crippen molar-refractivity contribution in [3.05, 3.63) is 54.1 Å². The summed E-state index contributed by atoms with van der Waals surface area (Å²) in [6.45, 7) is 0. The van der Waals surface area contributed by atoms with Crippen molar-refractivity contribution in [2.45, 2.75) is 0 Å². The Morgan fingerprint density at radius 2 is 1.60 bits per heavy atom. The monoisotopic (exact) mass is 205 g/mol. The molecule has 0 aliphatic heterocycles. The van der Waals surface area contributed by atoms with Gasteiger partial charge in [0.15, 0.2) is 0 Å². The van der Waals surface area contributed by atoms with Crippen molar-refractivity contribution >= 4 is 5.69 Å². The van der Waals surface area contributed by atoms with Crippen LogP contribution in [0.3, 0.4) is 0 Å². The fourth-order valence-corrected chi connectivity index (χ4v) is 1.45. The molecule has 3 heteroatoms. The van der Waals surface area contributed by atoms with Crippen molar-refractivity contribution in [1.29, 1.82) is 0 Å². The second kappa shape index (κ2) is 3.69. The molecule has 0 bridgehead atoms. The minimum absolute atomic E-state index is 0.314. The molecule has 2 N–H and O–H groups in total. The summed E-state index contributed by atoms with van der Waals surface area (Å²) < 4.78 is 26.1. The van der Waals surface area contributed by atoms with Gasteiger partial charge in [-0.2, -0.15) is 0 Å². The first-order chi connectivity index (χ1) is 7.18. The van der Waals surface area contributed by atoms with E-state index in [1.54, 1.807) is 24.3 Å². The van der Waals surface area contributed by atoms with Gasteiger partial charge in [0.1, 0.15) is 11.6 Å². The number of hydrogen-bond donors (Lipinski definition) is 1. The van der Waals surface area contributed by atoms with Gasteiger partial charge < -0.3 is 5.73 Å². The van der Waals surface area contributed by atoms with E-state index in [-0.39, 0.29) is 0 Å². The predicted molar refractivity (Wildman–Crippen MR) is 56.2 cm³/mol. The zero-order valence-corrected chi connectivity index (χ0v) is 7.87. The van der Waals surface area contributed by atoms with E-state index in [9.17, 15) is 8.78 Å². The van der Waals surface area contributed by atoms with Crippen LogP contribution >= 0.6 is 0 Å². The maximum Gasteiger partial charge on any atom is 0.134 e. The predicted octanol–water partition coefficient (Wildman–Crippen LogP) is 3.21. The SMILES string of the molecule is Nc1ccccc1-c1ccc(F)cc1F. The van der Waals surface area contributed by atoms with Crippen LogP contribution in [0.25, 0.3) is 11.1 Å². The van der Waals surface area contributed by atoms with Gasteiger partial charge in [-0.1, -0.05) is 18.2 Å². The van der Waals surface area contributed by atoms with E-state index in [2.05, 4.69) is 0 Å². The Morgan fingerprint density at radius 1 is 0.867 bits per heavy atom. The van der Waals surface area contributed by atoms with E-state index in [1.807, 2.05) is 0 Å². The second-order valence-corrected chi connectivity index (χ2v) is 3.21. The van der Waals surface area contributed by atoms with Crippen LogP contribution in [0.2, 0.25) is 0 Å². The van der Waals surface area contributed by atoms with Crippen molar-refractivity contribution in [2.75, 3.05) is 5.73 Å². The summed E-state index contributed by atoms with van der Waals surface area (Å²) >= 11 is 0. The topological polar surface area (TPSA) is 26.0 Å². The molecule has 0 atom stereocenters. The van der Waals surface area contributed by atoms with Crippen molar-refractivity contribution in [1.82, 2.24) is 0 Å². The molecular weight excluding hydrogens is 196 g/mol. The highest BCUT2D eigenvalue weighted by Gasteiger charge is 2.08. The molecule has 0 aliphatic carbocycles. The van der Waals surface area contributed by atoms with E-state index in [4.69, 9.17) is 5.73 Å². The van der Waals surface area contributed by atoms with Crippen LogP contribution in [0, 0.1) is 11.6 Å². The number of rotatable bonds is 1. The van der Waals surface area contributed by atoms with Crippen molar-refractivity contribution < 1.29 is 8.78 Å². The van der Waals surface area contributed by atoms with Crippen LogP contribution in [0.4, 0.5) is 14.5 Å². The van der Waals surface area contributed by atoms with Gasteiger partial charge >= 0.3 is 0 Å². The van der Waals surface area contributed by atoms with Crippen molar-refractivity contribution in [3.63, 3.8) is 0 Å². The molecule has 0 spiro atoms. The molecule has 2 rings (SSSR count). The van der Waals surface area contributed by atoms with Crippen LogP contribution in [0.5, 0.6) is 0 Å². The van der Waals surface area contributed by atoms with E-state index in [1.165, 1.54) is 12.1 Å². The zero-order valence-electron chi connectivity index (χ0n) is 7.87. The number of anilines is 1. The Kier molecular flexibility index (Phi) is 2.37. The smallest absolute Gasteiger partial charge is 0.134 e. The lowest BCUT2D eigenvalue weighted by molar-refractivity contribution is 0.585. The van der Waals surface area contributed by atoms with Gasteiger partial charge in [0.05, 0.1) is 0 Å². The van der Waals surface area contributed by atoms with E-state index < -0.39 is 11.6 Å². The number of nitrogens with two attached hydrogens (primary N) is 1. The minimum atomic E-state index is -0.604. The van der Waals surface area contributed by atoms with Crippen LogP contribution in [-0.2, 0) is 0 Å². The Morgan fingerprint density at radius 3 is 2.27 bits per heavy atom. The first kappa shape index (κ1) is 9.65. The maximum absolute atomic E-state index is 13.4. The quantitative estimate of drug-likeness (QED) is 0.711. The molecule has 76 valence electrons. The fourth-order valence-electron chi connectivity index (χ4n) is 1.45. The molecule has 0 saturated heterocycles. The lowest BCUT2D eigenvalue weighted by atomic mass is 10.0. The summed E-state index contributed by atoms with van der Waals surface area (Å²) in [5.74, 6) is -1.20. The van der Waals surface area contributed by atoms with Crippen molar-refractivity contribution in [2.24, 2.45) is 0 Å². The van der Waals surface area contributed by atoms with Crippen LogP contribution in [-0.4, -0.2) is 0 Å².